The number of benzene rings is 1. The van der Waals surface area contributed by atoms with Crippen LogP contribution >= 0.6 is 0 Å². The molecule has 1 fully saturated rings. The number of aromatic nitrogens is 1. The van der Waals surface area contributed by atoms with Gasteiger partial charge in [0, 0.05) is 33.2 Å². The molecule has 1 aliphatic heterocycles. The van der Waals surface area contributed by atoms with Gasteiger partial charge in [-0.15, -0.1) is 0 Å². The monoisotopic (exact) mass is 303 g/mol. The van der Waals surface area contributed by atoms with Gasteiger partial charge in [0.05, 0.1) is 15.6 Å². The molecule has 3 rings (SSSR count). The standard InChI is InChI=1S/C16H21N3O2/c1-19(2)6-5-12-9-17-15-4-3-11(8-14(12)15)7-13-10-21-16(20)18-13/h3-4,8-9,13,17H,5-7,10H2,1-2H3,(H,18,20)/t13-/m0/s1/i1D3,3D,4D,6D2,7D2,8D,9D,10D2,13D/hD2. The van der Waals surface area contributed by atoms with Crippen LogP contribution in [0.3, 0.4) is 0 Å². The highest BCUT2D eigenvalue weighted by atomic mass is 16.6. The largest absolute Gasteiger partial charge is 0.447 e. The van der Waals surface area contributed by atoms with E-state index in [1.807, 2.05) is 0 Å². The second-order valence-electron chi connectivity index (χ2n) is 4.13. The number of fused-ring (bicyclic) bond motifs is 1. The predicted molar refractivity (Wildman–Crippen MR) is 82.5 cm³/mol. The molecule has 1 aromatic carbocycles. The van der Waals surface area contributed by atoms with E-state index in [1.165, 1.54) is 0 Å². The third-order valence-electron chi connectivity index (χ3n) is 2.57. The molecule has 0 bridgehead atoms. The first-order chi connectivity index (χ1) is 16.5. The number of cyclic esters (lactones) is 1. The summed E-state index contributed by atoms with van der Waals surface area (Å²) >= 11 is 0. The molecule has 2 heterocycles. The van der Waals surface area contributed by atoms with E-state index in [9.17, 15) is 4.79 Å². The maximum atomic E-state index is 11.8. The Labute approximate surface area is 146 Å². The zero-order chi connectivity index (χ0) is 28.8. The van der Waals surface area contributed by atoms with Crippen LogP contribution in [0.5, 0.6) is 0 Å². The molecule has 0 unspecified atom stereocenters. The molecule has 1 aliphatic rings. The molecule has 2 aromatic rings. The number of carbonyl (C=O) groups excluding carboxylic acids is 1. The number of likely N-dealkylation sites (N-methyl/N-ethyl adjacent to an activating group) is 1. The van der Waals surface area contributed by atoms with Gasteiger partial charge in [0.1, 0.15) is 6.56 Å². The van der Waals surface area contributed by atoms with Crippen molar-refractivity contribution in [1.82, 2.24) is 15.2 Å². The van der Waals surface area contributed by atoms with Crippen molar-refractivity contribution in [1.29, 1.82) is 0 Å². The molecule has 5 nitrogen and oxygen atoms in total. The molecule has 0 aliphatic carbocycles. The number of aromatic amines is 1. The molecule has 0 spiro atoms. The molecule has 2 N–H and O–H groups in total. The lowest BCUT2D eigenvalue weighted by atomic mass is 10.0. The molecule has 5 heteroatoms. The Morgan fingerprint density at radius 2 is 2.67 bits per heavy atom. The summed E-state index contributed by atoms with van der Waals surface area (Å²) in [6.45, 7) is -9.10. The van der Waals surface area contributed by atoms with Gasteiger partial charge in [-0.2, -0.15) is 0 Å². The summed E-state index contributed by atoms with van der Waals surface area (Å²) in [5.74, 6) is 0. The van der Waals surface area contributed by atoms with E-state index in [0.29, 0.717) is 9.88 Å². The van der Waals surface area contributed by atoms with Crippen LogP contribution in [0.2, 0.25) is 2.82 Å². The van der Waals surface area contributed by atoms with Gasteiger partial charge in [0.25, 0.3) is 0 Å². The van der Waals surface area contributed by atoms with Gasteiger partial charge >= 0.3 is 6.09 Å². The molecule has 0 saturated carbocycles. The van der Waals surface area contributed by atoms with E-state index in [0.717, 1.165) is 7.05 Å². The van der Waals surface area contributed by atoms with Crippen molar-refractivity contribution in [2.45, 2.75) is 18.8 Å². The molecule has 112 valence electrons. The predicted octanol–water partition coefficient (Wildman–Crippen LogP) is 1.92. The highest BCUT2D eigenvalue weighted by molar-refractivity contribution is 5.84. The van der Waals surface area contributed by atoms with Crippen LogP contribution in [-0.2, 0) is 17.5 Å². The van der Waals surface area contributed by atoms with Crippen LogP contribution in [0.1, 0.15) is 30.3 Å². The van der Waals surface area contributed by atoms with Gasteiger partial charge in [-0.25, -0.2) is 4.79 Å². The Balaban J connectivity index is 2.39. The summed E-state index contributed by atoms with van der Waals surface area (Å²) in [5, 5.41) is -1.01. The fourth-order valence-corrected chi connectivity index (χ4v) is 1.67. The zero-order valence-electron chi connectivity index (χ0n) is 26.9. The lowest BCUT2D eigenvalue weighted by Gasteiger charge is -2.09. The number of nitrogens with one attached hydrogen (secondary N) is 2. The first kappa shape index (κ1) is 4.49. The number of ether oxygens (including phenoxy) is 1. The quantitative estimate of drug-likeness (QED) is 0.887. The second kappa shape index (κ2) is 5.77. The summed E-state index contributed by atoms with van der Waals surface area (Å²) in [4.78, 5) is 12.5. The third-order valence-corrected chi connectivity index (χ3v) is 2.57. The van der Waals surface area contributed by atoms with E-state index < -0.39 is 96.6 Å². The third kappa shape index (κ3) is 3.19. The average Bonchev–Trinajstić information content (AvgIpc) is 3.08. The number of amides is 1. The fourth-order valence-electron chi connectivity index (χ4n) is 1.67. The van der Waals surface area contributed by atoms with Crippen LogP contribution in [0, 0.1) is 0 Å². The minimum Gasteiger partial charge on any atom is -0.447 e. The van der Waals surface area contributed by atoms with Crippen LogP contribution in [0.15, 0.2) is 24.3 Å². The molecule has 21 heavy (non-hydrogen) atoms. The SMILES string of the molecule is [2H]c1c(C([2H])([2H])[C@]2([2H])N([2H])C(=O)OC2([2H])[2H])c([2H])c2c(CC([2H])([2H])N(C)C([2H])([2H])[2H])c([2H])n([2H])c2c1[2H]. The van der Waals surface area contributed by atoms with Gasteiger partial charge in [-0.05, 0) is 50.0 Å². The lowest BCUT2D eigenvalue weighted by Crippen LogP contribution is -2.28. The minimum atomic E-state index is -3.57. The van der Waals surface area contributed by atoms with Crippen molar-refractivity contribution in [3.63, 3.8) is 0 Å². The average molecular weight is 303 g/mol. The summed E-state index contributed by atoms with van der Waals surface area (Å²) < 4.78 is 134. The number of hydrogen-bond acceptors (Lipinski definition) is 3. The summed E-state index contributed by atoms with van der Waals surface area (Å²) in [7, 11) is 0.936. The highest BCUT2D eigenvalue weighted by Gasteiger charge is 2.22. The van der Waals surface area contributed by atoms with E-state index >= 15 is 0 Å². The Morgan fingerprint density at radius 3 is 3.43 bits per heavy atom. The Morgan fingerprint density at radius 1 is 1.76 bits per heavy atom. The van der Waals surface area contributed by atoms with Gasteiger partial charge in [0.2, 0.25) is 0 Å². The zero-order valence-corrected chi connectivity index (χ0v) is 10.9. The number of hydrogen-bond donors (Lipinski definition) is 2. The minimum absolute atomic E-state index is 0.294. The van der Waals surface area contributed by atoms with Gasteiger partial charge in [-0.1, -0.05) is 6.04 Å². The van der Waals surface area contributed by atoms with Crippen LogP contribution in [0.25, 0.3) is 10.9 Å². The van der Waals surface area contributed by atoms with E-state index in [-0.39, 0.29) is 0 Å². The second-order valence-corrected chi connectivity index (χ2v) is 4.13. The lowest BCUT2D eigenvalue weighted by molar-refractivity contribution is 0.177. The number of rotatable bonds is 5. The fraction of sp³-hybridized carbons (Fsp3) is 0.438. The molecular weight excluding hydrogens is 266 g/mol. The first-order valence-corrected chi connectivity index (χ1v) is 5.86. The van der Waals surface area contributed by atoms with Crippen molar-refractivity contribution in [2.75, 3.05) is 27.1 Å². The van der Waals surface area contributed by atoms with Crippen molar-refractivity contribution in [3.8, 4) is 0 Å². The summed E-state index contributed by atoms with van der Waals surface area (Å²) in [5.41, 5.74) is -2.20. The smallest absolute Gasteiger partial charge is 0.407 e. The normalized spacial score (nSPS) is 37.6. The summed E-state index contributed by atoms with van der Waals surface area (Å²) in [6, 6.07) is -6.59. The van der Waals surface area contributed by atoms with Gasteiger partial charge in [-0.3, -0.25) is 0 Å². The maximum absolute atomic E-state index is 11.8. The van der Waals surface area contributed by atoms with Crippen molar-refractivity contribution in [2.24, 2.45) is 0 Å². The Hall–Kier alpha value is -2.01. The number of aryl methyl sites for hydroxylation is 1. The molecule has 1 atom stereocenters. The van der Waals surface area contributed by atoms with Gasteiger partial charge in [0.15, 0.2) is 2.82 Å². The molecule has 1 aromatic heterocycles. The first-order valence-electron chi connectivity index (χ1n) is 13.8. The number of alkyl carbamates (subject to hydrolysis) is 1. The molecule has 0 radical (unpaired) electrons. The number of nitrogens with zero attached hydrogens (tertiary/aromatic N) is 1. The topological polar surface area (TPSA) is 57.4 Å². The Kier molecular flexibility index (Phi) is 1.23. The summed E-state index contributed by atoms with van der Waals surface area (Å²) in [6.07, 6.45) is -7.00. The number of carbonyl (C=O) groups is 1. The highest BCUT2D eigenvalue weighted by Crippen LogP contribution is 2.21. The van der Waals surface area contributed by atoms with Crippen molar-refractivity contribution < 1.29 is 31.5 Å². The Bertz CT molecular complexity index is 1290. The molecule has 1 saturated heterocycles. The van der Waals surface area contributed by atoms with Crippen molar-refractivity contribution >= 4 is 17.0 Å². The van der Waals surface area contributed by atoms with E-state index in [1.54, 1.807) is 0 Å². The number of H-pyrrole nitrogens is 1. The van der Waals surface area contributed by atoms with Crippen LogP contribution in [-0.4, -0.2) is 49.1 Å². The van der Waals surface area contributed by atoms with Gasteiger partial charge < -0.3 is 19.9 Å². The van der Waals surface area contributed by atoms with Crippen LogP contribution < -0.4 is 5.31 Å². The van der Waals surface area contributed by atoms with Crippen molar-refractivity contribution in [3.05, 3.63) is 35.4 Å². The van der Waals surface area contributed by atoms with Crippen LogP contribution in [0.4, 0.5) is 4.79 Å². The van der Waals surface area contributed by atoms with E-state index in [4.69, 9.17) is 22.0 Å². The van der Waals surface area contributed by atoms with E-state index in [2.05, 4.69) is 4.74 Å². The molecular formula is C16H21N3O2. The molecule has 1 amide bonds. The maximum Gasteiger partial charge on any atom is 0.407 e.